The zero-order valence-corrected chi connectivity index (χ0v) is 40.3. The minimum absolute atomic E-state index is 0.0995. The molecule has 350 valence electrons. The van der Waals surface area contributed by atoms with Crippen LogP contribution in [0.4, 0.5) is 0 Å². The lowest BCUT2D eigenvalue weighted by Crippen LogP contribution is -2.40. The van der Waals surface area contributed by atoms with E-state index in [1.165, 1.54) is 11.3 Å². The predicted molar refractivity (Wildman–Crippen MR) is 261 cm³/mol. The van der Waals surface area contributed by atoms with E-state index in [4.69, 9.17) is 28.4 Å². The maximum absolute atomic E-state index is 13.1. The fourth-order valence-corrected chi connectivity index (χ4v) is 8.53. The number of hydrogen-bond acceptors (Lipinski definition) is 13. The van der Waals surface area contributed by atoms with Crippen molar-refractivity contribution in [3.63, 3.8) is 0 Å². The number of ether oxygens (including phenoxy) is 6. The van der Waals surface area contributed by atoms with E-state index in [2.05, 4.69) is 35.1 Å². The molecule has 5 aromatic rings. The highest BCUT2D eigenvalue weighted by atomic mass is 32.1. The fraction of sp³-hybridized carbons (Fsp3) is 0.333. The smallest absolute Gasteiger partial charge is 0.338 e. The van der Waals surface area contributed by atoms with Crippen molar-refractivity contribution in [3.8, 4) is 23.5 Å². The highest BCUT2D eigenvalue weighted by Crippen LogP contribution is 2.31. The summed E-state index contributed by atoms with van der Waals surface area (Å²) in [6.07, 6.45) is 5.57. The molecule has 0 spiro atoms. The summed E-state index contributed by atoms with van der Waals surface area (Å²) < 4.78 is 35.7. The van der Waals surface area contributed by atoms with Gasteiger partial charge in [0.2, 0.25) is 0 Å². The molecular weight excluding hydrogens is 869 g/mol. The maximum Gasteiger partial charge on any atom is 0.338 e. The molecule has 0 bridgehead atoms. The minimum Gasteiger partial charge on any atom is -0.488 e. The average molecular weight is 927 g/mol. The summed E-state index contributed by atoms with van der Waals surface area (Å²) in [6, 6.07) is 29.9. The van der Waals surface area contributed by atoms with Crippen molar-refractivity contribution in [1.29, 1.82) is 0 Å². The Kier molecular flexibility index (Phi) is 17.1. The van der Waals surface area contributed by atoms with Gasteiger partial charge in [-0.1, -0.05) is 37.4 Å². The third-order valence-corrected chi connectivity index (χ3v) is 10.9. The number of aliphatic imine (C=N–C) groups is 1. The fourth-order valence-electron chi connectivity index (χ4n) is 7.72. The Bertz CT molecular complexity index is 2630. The van der Waals surface area contributed by atoms with Crippen LogP contribution in [0.15, 0.2) is 121 Å². The second-order valence-electron chi connectivity index (χ2n) is 18.2. The number of carbonyl (C=O) groups is 4. The van der Waals surface area contributed by atoms with Gasteiger partial charge in [0.05, 0.1) is 34.6 Å². The standard InChI is InChI=1S/C54H58N2O10S/c1-11-47(57)65-53(7,8)35-51(3,4)63-42-23-19-39(20-24-42)49(59)61-31-28-37-17-18-38(41(33-37)34-55-30-27-46-56-44-15-13-14-16-45(44)67-46)29-32-62-50(60)40-21-25-43(26-22-40)64-52(5,6)36-54(9,10)66-48(58)12-2/h11-26,33-34H,1-2,28-29,31-32,35-36H2,3-10H3/b55-34+. The molecule has 0 fully saturated rings. The third-order valence-electron chi connectivity index (χ3n) is 9.92. The normalized spacial score (nSPS) is 11.8. The Balaban J connectivity index is 1.19. The molecular formula is C54H58N2O10S. The first-order valence-electron chi connectivity index (χ1n) is 21.8. The molecule has 13 heteroatoms. The van der Waals surface area contributed by atoms with E-state index in [9.17, 15) is 19.2 Å². The number of para-hydroxylation sites is 1. The van der Waals surface area contributed by atoms with Gasteiger partial charge in [-0.2, -0.15) is 0 Å². The van der Waals surface area contributed by atoms with Gasteiger partial charge in [-0.05, 0) is 145 Å². The van der Waals surface area contributed by atoms with Crippen molar-refractivity contribution < 1.29 is 47.6 Å². The summed E-state index contributed by atoms with van der Waals surface area (Å²) >= 11 is 1.49. The molecule has 0 aliphatic heterocycles. The molecule has 12 nitrogen and oxygen atoms in total. The van der Waals surface area contributed by atoms with Crippen LogP contribution in [-0.2, 0) is 41.4 Å². The lowest BCUT2D eigenvalue weighted by atomic mass is 9.92. The van der Waals surface area contributed by atoms with E-state index in [-0.39, 0.29) is 13.2 Å². The molecule has 0 aliphatic carbocycles. The third kappa shape index (κ3) is 16.4. The van der Waals surface area contributed by atoms with Gasteiger partial charge < -0.3 is 28.4 Å². The van der Waals surface area contributed by atoms with Gasteiger partial charge >= 0.3 is 23.9 Å². The van der Waals surface area contributed by atoms with Gasteiger partial charge in [-0.15, -0.1) is 11.3 Å². The van der Waals surface area contributed by atoms with E-state index in [1.54, 1.807) is 54.7 Å². The molecule has 0 amide bonds. The van der Waals surface area contributed by atoms with E-state index in [0.29, 0.717) is 53.3 Å². The number of hydrogen-bond donors (Lipinski definition) is 0. The molecule has 4 aromatic carbocycles. The van der Waals surface area contributed by atoms with Crippen LogP contribution >= 0.6 is 11.3 Å². The summed E-state index contributed by atoms with van der Waals surface area (Å²) in [4.78, 5) is 58.6. The number of nitrogens with zero attached hydrogens (tertiary/aromatic N) is 2. The second-order valence-corrected chi connectivity index (χ2v) is 19.2. The highest BCUT2D eigenvalue weighted by molar-refractivity contribution is 7.19. The maximum atomic E-state index is 13.1. The summed E-state index contributed by atoms with van der Waals surface area (Å²) in [5, 5.41) is 0.652. The van der Waals surface area contributed by atoms with E-state index >= 15 is 0 Å². The lowest BCUT2D eigenvalue weighted by Gasteiger charge is -2.34. The average Bonchev–Trinajstić information content (AvgIpc) is 3.67. The molecule has 0 radical (unpaired) electrons. The van der Waals surface area contributed by atoms with Gasteiger partial charge in [-0.25, -0.2) is 29.2 Å². The molecule has 0 unspecified atom stereocenters. The largest absolute Gasteiger partial charge is 0.488 e. The van der Waals surface area contributed by atoms with Crippen LogP contribution in [0.25, 0.3) is 10.2 Å². The summed E-state index contributed by atoms with van der Waals surface area (Å²) in [5.74, 6) is 2.14. The lowest BCUT2D eigenvalue weighted by molar-refractivity contribution is -0.155. The van der Waals surface area contributed by atoms with Gasteiger partial charge in [0, 0.05) is 50.1 Å². The zero-order chi connectivity index (χ0) is 48.8. The van der Waals surface area contributed by atoms with Gasteiger partial charge in [0.1, 0.15) is 33.9 Å². The molecule has 67 heavy (non-hydrogen) atoms. The number of fused-ring (bicyclic) bond motifs is 1. The molecule has 0 aliphatic rings. The summed E-state index contributed by atoms with van der Waals surface area (Å²) in [5.41, 5.74) is 1.19. The summed E-state index contributed by atoms with van der Waals surface area (Å²) in [7, 11) is 0. The van der Waals surface area contributed by atoms with Crippen molar-refractivity contribution in [2.45, 2.75) is 103 Å². The minimum atomic E-state index is -0.790. The van der Waals surface area contributed by atoms with Gasteiger partial charge in [-0.3, -0.25) is 0 Å². The van der Waals surface area contributed by atoms with Gasteiger partial charge in [0.25, 0.3) is 0 Å². The first-order valence-corrected chi connectivity index (χ1v) is 22.6. The van der Waals surface area contributed by atoms with Crippen molar-refractivity contribution in [2.75, 3.05) is 13.2 Å². The molecule has 5 rings (SSSR count). The van der Waals surface area contributed by atoms with E-state index in [0.717, 1.165) is 39.1 Å². The van der Waals surface area contributed by atoms with Gasteiger partial charge in [0.15, 0.2) is 5.01 Å². The van der Waals surface area contributed by atoms with Crippen LogP contribution in [0.2, 0.25) is 0 Å². The first-order chi connectivity index (χ1) is 31.6. The SMILES string of the molecule is C=CC(=O)OC(C)(C)CC(C)(C)Oc1ccc(C(=O)OCCc2ccc(CCOC(=O)c3ccc(OC(C)(C)CC(C)(C)OC(=O)C=C)cc3)c(/C=N/C#Cc3nc4ccccc4s3)c2)cc1. The zero-order valence-electron chi connectivity index (χ0n) is 39.4. The Labute approximate surface area is 397 Å². The molecule has 0 atom stereocenters. The second kappa shape index (κ2) is 22.4. The monoisotopic (exact) mass is 926 g/mol. The van der Waals surface area contributed by atoms with E-state index < -0.39 is 46.3 Å². The van der Waals surface area contributed by atoms with E-state index in [1.807, 2.05) is 97.9 Å². The number of aromatic nitrogens is 1. The Morgan fingerprint density at radius 1 is 0.657 bits per heavy atom. The van der Waals surface area contributed by atoms with Crippen molar-refractivity contribution in [2.24, 2.45) is 4.99 Å². The highest BCUT2D eigenvalue weighted by Gasteiger charge is 2.34. The van der Waals surface area contributed by atoms with Crippen LogP contribution in [0.5, 0.6) is 11.5 Å². The molecule has 0 N–H and O–H groups in total. The molecule has 0 saturated heterocycles. The van der Waals surface area contributed by atoms with Crippen molar-refractivity contribution in [1.82, 2.24) is 4.98 Å². The van der Waals surface area contributed by atoms with Crippen LogP contribution in [0.1, 0.15) is 111 Å². The molecule has 0 saturated carbocycles. The van der Waals surface area contributed by atoms with Crippen LogP contribution < -0.4 is 9.47 Å². The molecule has 1 aromatic heterocycles. The topological polar surface area (TPSA) is 149 Å². The Morgan fingerprint density at radius 2 is 1.16 bits per heavy atom. The van der Waals surface area contributed by atoms with Crippen LogP contribution in [-0.4, -0.2) is 70.7 Å². The van der Waals surface area contributed by atoms with Crippen molar-refractivity contribution in [3.05, 3.63) is 149 Å². The Morgan fingerprint density at radius 3 is 1.67 bits per heavy atom. The number of thiazole rings is 1. The summed E-state index contributed by atoms with van der Waals surface area (Å²) in [6.45, 7) is 22.0. The number of carbonyl (C=O) groups excluding carboxylic acids is 4. The van der Waals surface area contributed by atoms with Crippen molar-refractivity contribution >= 4 is 51.6 Å². The number of benzene rings is 4. The first kappa shape index (κ1) is 51.0. The number of esters is 4. The van der Waals surface area contributed by atoms with Crippen LogP contribution in [0.3, 0.4) is 0 Å². The predicted octanol–water partition coefficient (Wildman–Crippen LogP) is 10.6. The van der Waals surface area contributed by atoms with Crippen LogP contribution in [0, 0.1) is 12.0 Å². The Hall–Kier alpha value is -7.04. The molecule has 1 heterocycles. The quantitative estimate of drug-likeness (QED) is 0.0228. The number of rotatable bonds is 21.